The van der Waals surface area contributed by atoms with E-state index < -0.39 is 0 Å². The molecule has 0 amide bonds. The van der Waals surface area contributed by atoms with Crippen molar-refractivity contribution < 1.29 is 0 Å². The molecule has 1 aromatic heterocycles. The highest BCUT2D eigenvalue weighted by Crippen LogP contribution is 2.36. The minimum Gasteiger partial charge on any atom is -0.356 e. The molecule has 222 valence electrons. The molecule has 0 fully saturated rings. The van der Waals surface area contributed by atoms with Crippen LogP contribution in [-0.2, 0) is 0 Å². The third-order valence-electron chi connectivity index (χ3n) is 8.08. The maximum atomic E-state index is 3.53. The molecular weight excluding hydrogens is 558 g/mol. The van der Waals surface area contributed by atoms with E-state index in [2.05, 4.69) is 162 Å². The van der Waals surface area contributed by atoms with E-state index in [0.717, 1.165) is 22.7 Å². The summed E-state index contributed by atoms with van der Waals surface area (Å²) in [5.41, 5.74) is 12.8. The Morgan fingerprint density at radius 3 is 1.50 bits per heavy atom. The zero-order valence-electron chi connectivity index (χ0n) is 25.7. The van der Waals surface area contributed by atoms with E-state index >= 15 is 0 Å². The standard InChI is InChI=1S/C31H26N2.C12H9N/c1-23-9-8-10-25(21-23)31-22-29(33-27-13-6-3-7-14-27)19-20-30(31)24-15-17-28(18-16-24)32-26-11-4-2-5-12-26;1-3-7-11-9(5-1)10-6-2-4-8-12(10)13-11/h2-22,32-33H,1H3;1-8,13H. The third-order valence-corrected chi connectivity index (χ3v) is 8.08. The molecule has 7 aromatic carbocycles. The molecule has 0 aliphatic rings. The lowest BCUT2D eigenvalue weighted by atomic mass is 9.93. The highest BCUT2D eigenvalue weighted by atomic mass is 14.9. The van der Waals surface area contributed by atoms with Gasteiger partial charge < -0.3 is 15.6 Å². The number of H-pyrrole nitrogens is 1. The van der Waals surface area contributed by atoms with Crippen LogP contribution in [0.25, 0.3) is 44.1 Å². The van der Waals surface area contributed by atoms with Gasteiger partial charge in [0.05, 0.1) is 0 Å². The van der Waals surface area contributed by atoms with Crippen LogP contribution in [0.1, 0.15) is 5.56 Å². The van der Waals surface area contributed by atoms with Crippen LogP contribution >= 0.6 is 0 Å². The molecular formula is C43H35N3. The van der Waals surface area contributed by atoms with Gasteiger partial charge in [-0.3, -0.25) is 0 Å². The largest absolute Gasteiger partial charge is 0.356 e. The number of aryl methyl sites for hydroxylation is 1. The number of nitrogens with one attached hydrogen (secondary N) is 3. The molecule has 46 heavy (non-hydrogen) atoms. The van der Waals surface area contributed by atoms with Gasteiger partial charge in [0.15, 0.2) is 0 Å². The fraction of sp³-hybridized carbons (Fsp3) is 0.0233. The highest BCUT2D eigenvalue weighted by Gasteiger charge is 2.10. The second-order valence-corrected chi connectivity index (χ2v) is 11.4. The maximum absolute atomic E-state index is 3.53. The Bertz CT molecular complexity index is 2150. The quantitative estimate of drug-likeness (QED) is 0.179. The molecule has 8 aromatic rings. The molecule has 0 unspecified atom stereocenters. The number of anilines is 4. The Hall–Kier alpha value is -6.06. The minimum absolute atomic E-state index is 1.07. The van der Waals surface area contributed by atoms with Crippen LogP contribution in [-0.4, -0.2) is 4.98 Å². The van der Waals surface area contributed by atoms with Gasteiger partial charge in [-0.2, -0.15) is 0 Å². The fourth-order valence-electron chi connectivity index (χ4n) is 5.83. The summed E-state index contributed by atoms with van der Waals surface area (Å²) in [5, 5.41) is 9.60. The summed E-state index contributed by atoms with van der Waals surface area (Å²) in [6.45, 7) is 2.14. The molecule has 3 heteroatoms. The highest BCUT2D eigenvalue weighted by molar-refractivity contribution is 6.07. The Kier molecular flexibility index (Phi) is 8.29. The van der Waals surface area contributed by atoms with Crippen molar-refractivity contribution in [3.05, 3.63) is 181 Å². The lowest BCUT2D eigenvalue weighted by molar-refractivity contribution is 1.46. The van der Waals surface area contributed by atoms with E-state index in [-0.39, 0.29) is 0 Å². The van der Waals surface area contributed by atoms with Gasteiger partial charge in [-0.1, -0.05) is 121 Å². The summed E-state index contributed by atoms with van der Waals surface area (Å²) in [4.78, 5) is 3.38. The maximum Gasteiger partial charge on any atom is 0.0464 e. The molecule has 0 saturated heterocycles. The second-order valence-electron chi connectivity index (χ2n) is 11.4. The molecule has 0 bridgehead atoms. The molecule has 0 radical (unpaired) electrons. The summed E-state index contributed by atoms with van der Waals surface area (Å²) in [6, 6.07) is 61.2. The smallest absolute Gasteiger partial charge is 0.0464 e. The predicted molar refractivity (Wildman–Crippen MR) is 197 cm³/mol. The SMILES string of the molecule is Cc1cccc(-c2cc(Nc3ccccc3)ccc2-c2ccc(Nc3ccccc3)cc2)c1.c1ccc2c(c1)[nH]c1ccccc12. The molecule has 0 spiro atoms. The average molecular weight is 594 g/mol. The van der Waals surface area contributed by atoms with Crippen LogP contribution in [0.15, 0.2) is 176 Å². The summed E-state index contributed by atoms with van der Waals surface area (Å²) < 4.78 is 0. The van der Waals surface area contributed by atoms with Crippen molar-refractivity contribution in [1.29, 1.82) is 0 Å². The Labute approximate surface area is 270 Å². The van der Waals surface area contributed by atoms with Crippen LogP contribution < -0.4 is 10.6 Å². The van der Waals surface area contributed by atoms with Gasteiger partial charge >= 0.3 is 0 Å². The minimum atomic E-state index is 1.07. The van der Waals surface area contributed by atoms with Crippen LogP contribution in [0.5, 0.6) is 0 Å². The molecule has 0 aliphatic carbocycles. The fourth-order valence-corrected chi connectivity index (χ4v) is 5.83. The average Bonchev–Trinajstić information content (AvgIpc) is 3.49. The second kappa shape index (κ2) is 13.3. The lowest BCUT2D eigenvalue weighted by Gasteiger charge is -2.15. The lowest BCUT2D eigenvalue weighted by Crippen LogP contribution is -1.93. The zero-order chi connectivity index (χ0) is 31.1. The van der Waals surface area contributed by atoms with Crippen LogP contribution in [0.2, 0.25) is 0 Å². The third kappa shape index (κ3) is 6.54. The molecule has 8 rings (SSSR count). The monoisotopic (exact) mass is 593 g/mol. The number of benzene rings is 7. The van der Waals surface area contributed by atoms with Crippen LogP contribution in [0.3, 0.4) is 0 Å². The van der Waals surface area contributed by atoms with Crippen molar-refractivity contribution in [3.63, 3.8) is 0 Å². The van der Waals surface area contributed by atoms with Crippen molar-refractivity contribution in [2.75, 3.05) is 10.6 Å². The number of hydrogen-bond donors (Lipinski definition) is 3. The molecule has 3 N–H and O–H groups in total. The number of aromatic amines is 1. The van der Waals surface area contributed by atoms with Gasteiger partial charge in [-0.05, 0) is 89.8 Å². The topological polar surface area (TPSA) is 39.8 Å². The molecule has 3 nitrogen and oxygen atoms in total. The first kappa shape index (κ1) is 28.7. The van der Waals surface area contributed by atoms with E-state index in [1.165, 1.54) is 49.6 Å². The van der Waals surface area contributed by atoms with E-state index in [0.29, 0.717) is 0 Å². The van der Waals surface area contributed by atoms with Crippen molar-refractivity contribution in [2.45, 2.75) is 6.92 Å². The Morgan fingerprint density at radius 1 is 0.370 bits per heavy atom. The first-order chi connectivity index (χ1) is 22.7. The van der Waals surface area contributed by atoms with Gasteiger partial charge in [0.25, 0.3) is 0 Å². The van der Waals surface area contributed by atoms with Crippen LogP contribution in [0.4, 0.5) is 22.7 Å². The predicted octanol–water partition coefficient (Wildman–Crippen LogP) is 12.1. The molecule has 0 aliphatic heterocycles. The van der Waals surface area contributed by atoms with Crippen molar-refractivity contribution >= 4 is 44.6 Å². The zero-order valence-corrected chi connectivity index (χ0v) is 25.7. The number of para-hydroxylation sites is 4. The van der Waals surface area contributed by atoms with Crippen LogP contribution in [0, 0.1) is 6.92 Å². The van der Waals surface area contributed by atoms with Crippen molar-refractivity contribution in [1.82, 2.24) is 4.98 Å². The number of aromatic nitrogens is 1. The Balaban J connectivity index is 0.000000215. The molecule has 1 heterocycles. The summed E-state index contributed by atoms with van der Waals surface area (Å²) in [7, 11) is 0. The van der Waals surface area contributed by atoms with Crippen molar-refractivity contribution in [2.24, 2.45) is 0 Å². The van der Waals surface area contributed by atoms with Gasteiger partial charge in [-0.15, -0.1) is 0 Å². The molecule has 0 atom stereocenters. The molecule has 0 saturated carbocycles. The van der Waals surface area contributed by atoms with Gasteiger partial charge in [0.1, 0.15) is 0 Å². The number of hydrogen-bond acceptors (Lipinski definition) is 2. The summed E-state index contributed by atoms with van der Waals surface area (Å²) >= 11 is 0. The first-order valence-electron chi connectivity index (χ1n) is 15.6. The van der Waals surface area contributed by atoms with E-state index in [4.69, 9.17) is 0 Å². The number of rotatable bonds is 6. The number of fused-ring (bicyclic) bond motifs is 3. The van der Waals surface area contributed by atoms with Gasteiger partial charge in [0, 0.05) is 44.6 Å². The normalized spacial score (nSPS) is 10.7. The van der Waals surface area contributed by atoms with Gasteiger partial charge in [0.2, 0.25) is 0 Å². The Morgan fingerprint density at radius 2 is 0.891 bits per heavy atom. The summed E-state index contributed by atoms with van der Waals surface area (Å²) in [6.07, 6.45) is 0. The van der Waals surface area contributed by atoms with Gasteiger partial charge in [-0.25, -0.2) is 0 Å². The summed E-state index contributed by atoms with van der Waals surface area (Å²) in [5.74, 6) is 0. The van der Waals surface area contributed by atoms with Crippen molar-refractivity contribution in [3.8, 4) is 22.3 Å². The first-order valence-corrected chi connectivity index (χ1v) is 15.6. The van der Waals surface area contributed by atoms with E-state index in [1.807, 2.05) is 36.4 Å². The van der Waals surface area contributed by atoms with E-state index in [1.54, 1.807) is 0 Å². The van der Waals surface area contributed by atoms with E-state index in [9.17, 15) is 0 Å².